The van der Waals surface area contributed by atoms with E-state index in [9.17, 15) is 5.11 Å². The molecule has 0 saturated heterocycles. The predicted octanol–water partition coefficient (Wildman–Crippen LogP) is 2.12. The highest BCUT2D eigenvalue weighted by Crippen LogP contribution is 2.11. The monoisotopic (exact) mass is 237 g/mol. The predicted molar refractivity (Wildman–Crippen MR) is 70.4 cm³/mol. The number of aliphatic hydroxyl groups is 1. The Balaban J connectivity index is 2.28. The maximum atomic E-state index is 9.74. The molecule has 0 aliphatic rings. The van der Waals surface area contributed by atoms with Crippen LogP contribution in [0.1, 0.15) is 26.3 Å². The Hall–Kier alpha value is -1.06. The van der Waals surface area contributed by atoms with Crippen LogP contribution < -0.4 is 10.1 Å². The molecule has 0 aromatic heterocycles. The molecule has 0 radical (unpaired) electrons. The van der Waals surface area contributed by atoms with Gasteiger partial charge in [-0.2, -0.15) is 0 Å². The fourth-order valence-corrected chi connectivity index (χ4v) is 1.31. The molecule has 3 nitrogen and oxygen atoms in total. The number of rotatable bonds is 5. The van der Waals surface area contributed by atoms with Crippen molar-refractivity contribution in [1.82, 2.24) is 5.32 Å². The van der Waals surface area contributed by atoms with Crippen molar-refractivity contribution in [2.45, 2.75) is 39.3 Å². The lowest BCUT2D eigenvalue weighted by Gasteiger charge is -2.22. The highest BCUT2D eigenvalue weighted by Gasteiger charge is 2.12. The van der Waals surface area contributed by atoms with Crippen LogP contribution in [-0.4, -0.2) is 29.9 Å². The quantitative estimate of drug-likeness (QED) is 0.824. The Bertz CT molecular complexity index is 327. The summed E-state index contributed by atoms with van der Waals surface area (Å²) in [6, 6.07) is 7.82. The van der Waals surface area contributed by atoms with Gasteiger partial charge >= 0.3 is 0 Å². The summed E-state index contributed by atoms with van der Waals surface area (Å²) in [6.45, 7) is 9.09. The average molecular weight is 237 g/mol. The van der Waals surface area contributed by atoms with E-state index in [1.165, 1.54) is 5.56 Å². The Labute approximate surface area is 104 Å². The van der Waals surface area contributed by atoms with Crippen molar-refractivity contribution >= 4 is 0 Å². The van der Waals surface area contributed by atoms with Crippen LogP contribution in [-0.2, 0) is 0 Å². The minimum absolute atomic E-state index is 0.0187. The molecule has 0 aliphatic heterocycles. The van der Waals surface area contributed by atoms with Crippen LogP contribution in [0.4, 0.5) is 0 Å². The van der Waals surface area contributed by atoms with Crippen molar-refractivity contribution < 1.29 is 9.84 Å². The maximum absolute atomic E-state index is 9.74. The molecule has 17 heavy (non-hydrogen) atoms. The highest BCUT2D eigenvalue weighted by molar-refractivity contribution is 5.26. The zero-order chi connectivity index (χ0) is 12.9. The molecular weight excluding hydrogens is 214 g/mol. The Morgan fingerprint density at radius 3 is 2.35 bits per heavy atom. The van der Waals surface area contributed by atoms with Crippen molar-refractivity contribution in [2.24, 2.45) is 0 Å². The summed E-state index contributed by atoms with van der Waals surface area (Å²) in [7, 11) is 0. The fourth-order valence-electron chi connectivity index (χ4n) is 1.31. The molecule has 1 aromatic carbocycles. The van der Waals surface area contributed by atoms with Gasteiger partial charge in [-0.15, -0.1) is 0 Å². The molecule has 3 heteroatoms. The van der Waals surface area contributed by atoms with E-state index in [1.54, 1.807) is 0 Å². The first-order valence-corrected chi connectivity index (χ1v) is 5.99. The zero-order valence-corrected chi connectivity index (χ0v) is 11.2. The van der Waals surface area contributed by atoms with E-state index in [-0.39, 0.29) is 5.54 Å². The van der Waals surface area contributed by atoms with Crippen LogP contribution in [0.25, 0.3) is 0 Å². The summed E-state index contributed by atoms with van der Waals surface area (Å²) in [5.74, 6) is 0.797. The summed E-state index contributed by atoms with van der Waals surface area (Å²) >= 11 is 0. The van der Waals surface area contributed by atoms with E-state index in [4.69, 9.17) is 4.74 Å². The minimum Gasteiger partial charge on any atom is -0.491 e. The summed E-state index contributed by atoms with van der Waals surface area (Å²) in [5.41, 5.74) is 1.22. The summed E-state index contributed by atoms with van der Waals surface area (Å²) in [5, 5.41) is 13.0. The topological polar surface area (TPSA) is 41.5 Å². The molecule has 1 aromatic rings. The number of β-amino-alcohol motifs (C(OH)–C–C–N with tert-alkyl or cyclic N) is 1. The second-order valence-corrected chi connectivity index (χ2v) is 5.41. The number of nitrogens with one attached hydrogen (secondary N) is 1. The Morgan fingerprint density at radius 2 is 1.82 bits per heavy atom. The van der Waals surface area contributed by atoms with Crippen LogP contribution in [0, 0.1) is 6.92 Å². The van der Waals surface area contributed by atoms with Gasteiger partial charge in [0.05, 0.1) is 0 Å². The second-order valence-electron chi connectivity index (χ2n) is 5.41. The smallest absolute Gasteiger partial charge is 0.119 e. The van der Waals surface area contributed by atoms with Gasteiger partial charge in [0.15, 0.2) is 0 Å². The van der Waals surface area contributed by atoms with Crippen molar-refractivity contribution in [3.05, 3.63) is 29.8 Å². The first kappa shape index (κ1) is 14.0. The second kappa shape index (κ2) is 6.03. The van der Waals surface area contributed by atoms with Crippen LogP contribution in [0.15, 0.2) is 24.3 Å². The molecule has 2 N–H and O–H groups in total. The third-order valence-corrected chi connectivity index (χ3v) is 2.33. The standard InChI is InChI=1S/C14H23NO2/c1-11-5-7-13(8-6-11)17-10-12(16)9-15-14(2,3)4/h5-8,12,15-16H,9-10H2,1-4H3/t12-/m0/s1. The number of hydrogen-bond donors (Lipinski definition) is 2. The summed E-state index contributed by atoms with van der Waals surface area (Å²) < 4.78 is 5.50. The molecule has 0 unspecified atom stereocenters. The lowest BCUT2D eigenvalue weighted by atomic mass is 10.1. The number of hydrogen-bond acceptors (Lipinski definition) is 3. The molecule has 0 spiro atoms. The van der Waals surface area contributed by atoms with E-state index in [0.29, 0.717) is 13.2 Å². The van der Waals surface area contributed by atoms with Gasteiger partial charge in [-0.1, -0.05) is 17.7 Å². The fraction of sp³-hybridized carbons (Fsp3) is 0.571. The van der Waals surface area contributed by atoms with E-state index < -0.39 is 6.10 Å². The van der Waals surface area contributed by atoms with E-state index in [2.05, 4.69) is 26.1 Å². The van der Waals surface area contributed by atoms with Gasteiger partial charge in [-0.3, -0.25) is 0 Å². The van der Waals surface area contributed by atoms with Crippen molar-refractivity contribution in [2.75, 3.05) is 13.2 Å². The first-order chi connectivity index (χ1) is 7.87. The van der Waals surface area contributed by atoms with Crippen molar-refractivity contribution in [3.63, 3.8) is 0 Å². The molecule has 0 amide bonds. The molecule has 1 atom stereocenters. The molecule has 0 aliphatic carbocycles. The molecule has 1 rings (SSSR count). The first-order valence-electron chi connectivity index (χ1n) is 5.99. The molecule has 0 saturated carbocycles. The van der Waals surface area contributed by atoms with E-state index in [1.807, 2.05) is 31.2 Å². The van der Waals surface area contributed by atoms with Crippen molar-refractivity contribution in [3.8, 4) is 5.75 Å². The average Bonchev–Trinajstić information content (AvgIpc) is 2.25. The third-order valence-electron chi connectivity index (χ3n) is 2.33. The molecule has 96 valence electrons. The van der Waals surface area contributed by atoms with Crippen LogP contribution >= 0.6 is 0 Å². The maximum Gasteiger partial charge on any atom is 0.119 e. The largest absolute Gasteiger partial charge is 0.491 e. The van der Waals surface area contributed by atoms with Gasteiger partial charge < -0.3 is 15.2 Å². The van der Waals surface area contributed by atoms with Crippen LogP contribution in [0.5, 0.6) is 5.75 Å². The van der Waals surface area contributed by atoms with Gasteiger partial charge in [0.1, 0.15) is 18.5 Å². The Morgan fingerprint density at radius 1 is 1.24 bits per heavy atom. The van der Waals surface area contributed by atoms with Gasteiger partial charge in [0.2, 0.25) is 0 Å². The number of ether oxygens (including phenoxy) is 1. The highest BCUT2D eigenvalue weighted by atomic mass is 16.5. The normalized spacial score (nSPS) is 13.5. The number of benzene rings is 1. The van der Waals surface area contributed by atoms with E-state index in [0.717, 1.165) is 5.75 Å². The third kappa shape index (κ3) is 6.29. The van der Waals surface area contributed by atoms with Crippen LogP contribution in [0.3, 0.4) is 0 Å². The summed E-state index contributed by atoms with van der Waals surface area (Å²) in [4.78, 5) is 0. The number of aryl methyl sites for hydroxylation is 1. The molecule has 0 bridgehead atoms. The van der Waals surface area contributed by atoms with Gasteiger partial charge in [-0.25, -0.2) is 0 Å². The van der Waals surface area contributed by atoms with Gasteiger partial charge in [0.25, 0.3) is 0 Å². The number of aliphatic hydroxyl groups excluding tert-OH is 1. The summed E-state index contributed by atoms with van der Waals surface area (Å²) in [6.07, 6.45) is -0.490. The zero-order valence-electron chi connectivity index (χ0n) is 11.2. The minimum atomic E-state index is -0.490. The van der Waals surface area contributed by atoms with E-state index >= 15 is 0 Å². The Kier molecular flexibility index (Phi) is 4.97. The van der Waals surface area contributed by atoms with Gasteiger partial charge in [-0.05, 0) is 39.8 Å². The van der Waals surface area contributed by atoms with Gasteiger partial charge in [0, 0.05) is 12.1 Å². The molecular formula is C14H23NO2. The molecule has 0 fully saturated rings. The molecule has 0 heterocycles. The SMILES string of the molecule is Cc1ccc(OC[C@@H](O)CNC(C)(C)C)cc1. The van der Waals surface area contributed by atoms with Crippen molar-refractivity contribution in [1.29, 1.82) is 0 Å². The van der Waals surface area contributed by atoms with Crippen LogP contribution in [0.2, 0.25) is 0 Å². The lowest BCUT2D eigenvalue weighted by Crippen LogP contribution is -2.42. The lowest BCUT2D eigenvalue weighted by molar-refractivity contribution is 0.100.